The fraction of sp³-hybridized carbons (Fsp3) is 0.467. The number of pyridine rings is 1. The molecule has 1 fully saturated rings. The zero-order valence-electron chi connectivity index (χ0n) is 13.8. The van der Waals surface area contributed by atoms with Gasteiger partial charge in [0.25, 0.3) is 0 Å². The van der Waals surface area contributed by atoms with E-state index in [0.717, 1.165) is 5.46 Å². The molecule has 1 aromatic heterocycles. The quantitative estimate of drug-likeness (QED) is 0.640. The molecule has 0 aromatic carbocycles. The Hall–Kier alpha value is -1.86. The van der Waals surface area contributed by atoms with Gasteiger partial charge in [0.1, 0.15) is 5.82 Å². The maximum Gasteiger partial charge on any atom is 0.496 e. The minimum atomic E-state index is -0.491. The fourth-order valence-electron chi connectivity index (χ4n) is 2.17. The number of hydrogen-bond donors (Lipinski definition) is 2. The standard InChI is InChI=1S/C15H23BN4O2/c1-14(2)15(3,4)22-16(21-14)11-6-12(13(18)20-9-11)10(7-17)8-19-5/h6-9H,17H2,1-5H3,(H2,18,20). The van der Waals surface area contributed by atoms with Crippen LogP contribution in [0.3, 0.4) is 0 Å². The van der Waals surface area contributed by atoms with Crippen molar-refractivity contribution < 1.29 is 9.31 Å². The third-order valence-corrected chi connectivity index (χ3v) is 4.22. The molecule has 1 aliphatic rings. The molecule has 1 saturated heterocycles. The van der Waals surface area contributed by atoms with Gasteiger partial charge in [-0.25, -0.2) is 4.98 Å². The maximum atomic E-state index is 6.03. The topological polar surface area (TPSA) is 95.8 Å². The number of nitrogens with two attached hydrogens (primary N) is 2. The van der Waals surface area contributed by atoms with E-state index in [-0.39, 0.29) is 0 Å². The molecule has 0 atom stereocenters. The van der Waals surface area contributed by atoms with Gasteiger partial charge in [-0.3, -0.25) is 4.99 Å². The zero-order valence-corrected chi connectivity index (χ0v) is 13.8. The van der Waals surface area contributed by atoms with E-state index < -0.39 is 18.3 Å². The molecular formula is C15H23BN4O2. The monoisotopic (exact) mass is 302 g/mol. The molecule has 0 amide bonds. The highest BCUT2D eigenvalue weighted by Gasteiger charge is 2.51. The van der Waals surface area contributed by atoms with E-state index >= 15 is 0 Å². The van der Waals surface area contributed by atoms with E-state index in [2.05, 4.69) is 9.98 Å². The van der Waals surface area contributed by atoms with Crippen molar-refractivity contribution in [3.63, 3.8) is 0 Å². The summed E-state index contributed by atoms with van der Waals surface area (Å²) in [5, 5.41) is 0. The van der Waals surface area contributed by atoms with Crippen LogP contribution in [0.4, 0.5) is 5.82 Å². The van der Waals surface area contributed by atoms with Gasteiger partial charge in [-0.15, -0.1) is 0 Å². The Bertz CT molecular complexity index is 610. The minimum Gasteiger partial charge on any atom is -0.404 e. The second-order valence-electron chi connectivity index (χ2n) is 6.30. The van der Waals surface area contributed by atoms with Gasteiger partial charge in [0.2, 0.25) is 0 Å². The molecule has 1 aliphatic heterocycles. The van der Waals surface area contributed by atoms with Crippen molar-refractivity contribution in [2.24, 2.45) is 10.7 Å². The van der Waals surface area contributed by atoms with Crippen molar-refractivity contribution in [2.75, 3.05) is 12.8 Å². The Morgan fingerprint density at radius 2 is 1.86 bits per heavy atom. The van der Waals surface area contributed by atoms with E-state index in [9.17, 15) is 0 Å². The highest BCUT2D eigenvalue weighted by Crippen LogP contribution is 2.36. The first-order chi connectivity index (χ1) is 10.2. The third kappa shape index (κ3) is 2.87. The molecule has 0 bridgehead atoms. The number of anilines is 1. The number of nitrogen functional groups attached to an aromatic ring is 1. The van der Waals surface area contributed by atoms with Gasteiger partial charge in [0.05, 0.1) is 11.2 Å². The molecule has 7 heteroatoms. The normalized spacial score (nSPS) is 20.8. The van der Waals surface area contributed by atoms with Gasteiger partial charge in [-0.1, -0.05) is 0 Å². The van der Waals surface area contributed by atoms with Crippen LogP contribution in [0.25, 0.3) is 5.57 Å². The summed E-state index contributed by atoms with van der Waals surface area (Å²) in [5.74, 6) is 0.386. The fourth-order valence-corrected chi connectivity index (χ4v) is 2.17. The summed E-state index contributed by atoms with van der Waals surface area (Å²) in [5.41, 5.74) is 13.0. The van der Waals surface area contributed by atoms with Crippen LogP contribution in [-0.2, 0) is 9.31 Å². The summed E-state index contributed by atoms with van der Waals surface area (Å²) >= 11 is 0. The number of allylic oxidation sites excluding steroid dienone is 1. The van der Waals surface area contributed by atoms with Crippen molar-refractivity contribution in [1.29, 1.82) is 0 Å². The molecule has 0 unspecified atom stereocenters. The summed E-state index contributed by atoms with van der Waals surface area (Å²) in [7, 11) is 1.18. The average Bonchev–Trinajstić information content (AvgIpc) is 2.66. The van der Waals surface area contributed by atoms with Gasteiger partial charge >= 0.3 is 7.12 Å². The second kappa shape index (κ2) is 5.74. The number of nitrogens with zero attached hydrogens (tertiary/aromatic N) is 2. The SMILES string of the molecule is CN=CC(=CN)c1cc(B2OC(C)(C)C(C)(C)O2)cnc1N. The van der Waals surface area contributed by atoms with E-state index in [0.29, 0.717) is 17.0 Å². The van der Waals surface area contributed by atoms with Crippen LogP contribution in [0, 0.1) is 0 Å². The van der Waals surface area contributed by atoms with Gasteiger partial charge in [-0.2, -0.15) is 0 Å². The van der Waals surface area contributed by atoms with Crippen LogP contribution in [-0.4, -0.2) is 36.6 Å². The lowest BCUT2D eigenvalue weighted by Crippen LogP contribution is -2.41. The van der Waals surface area contributed by atoms with Crippen molar-refractivity contribution in [2.45, 2.75) is 38.9 Å². The lowest BCUT2D eigenvalue weighted by molar-refractivity contribution is 0.00578. The van der Waals surface area contributed by atoms with Gasteiger partial charge < -0.3 is 20.8 Å². The van der Waals surface area contributed by atoms with E-state index in [4.69, 9.17) is 20.8 Å². The molecular weight excluding hydrogens is 279 g/mol. The highest BCUT2D eigenvalue weighted by molar-refractivity contribution is 6.62. The Kier molecular flexibility index (Phi) is 4.31. The minimum absolute atomic E-state index is 0.386. The summed E-state index contributed by atoms with van der Waals surface area (Å²) < 4.78 is 12.1. The molecule has 22 heavy (non-hydrogen) atoms. The van der Waals surface area contributed by atoms with Crippen LogP contribution in [0.15, 0.2) is 23.5 Å². The molecule has 118 valence electrons. The van der Waals surface area contributed by atoms with E-state index in [1.54, 1.807) is 19.5 Å². The molecule has 0 aliphatic carbocycles. The Morgan fingerprint density at radius 3 is 2.36 bits per heavy atom. The smallest absolute Gasteiger partial charge is 0.404 e. The average molecular weight is 302 g/mol. The van der Waals surface area contributed by atoms with Crippen molar-refractivity contribution >= 4 is 30.2 Å². The van der Waals surface area contributed by atoms with E-state index in [1.165, 1.54) is 6.20 Å². The third-order valence-electron chi connectivity index (χ3n) is 4.22. The summed E-state index contributed by atoms with van der Waals surface area (Å²) in [6.45, 7) is 8.03. The largest absolute Gasteiger partial charge is 0.496 e. The molecule has 2 rings (SSSR count). The first kappa shape index (κ1) is 16.5. The van der Waals surface area contributed by atoms with Gasteiger partial charge in [0.15, 0.2) is 0 Å². The van der Waals surface area contributed by atoms with E-state index in [1.807, 2.05) is 33.8 Å². The molecule has 0 saturated carbocycles. The lowest BCUT2D eigenvalue weighted by Gasteiger charge is -2.32. The van der Waals surface area contributed by atoms with Crippen LogP contribution in [0.5, 0.6) is 0 Å². The molecule has 6 nitrogen and oxygen atoms in total. The van der Waals surface area contributed by atoms with Gasteiger partial charge in [-0.05, 0) is 33.8 Å². The summed E-state index contributed by atoms with van der Waals surface area (Å²) in [4.78, 5) is 8.21. The molecule has 0 spiro atoms. The highest BCUT2D eigenvalue weighted by atomic mass is 16.7. The second-order valence-corrected chi connectivity index (χ2v) is 6.30. The lowest BCUT2D eigenvalue weighted by atomic mass is 9.79. The van der Waals surface area contributed by atoms with Crippen molar-refractivity contribution in [3.05, 3.63) is 24.0 Å². The number of aromatic nitrogens is 1. The van der Waals surface area contributed by atoms with Crippen molar-refractivity contribution in [3.8, 4) is 0 Å². The number of aliphatic imine (C=N–C) groups is 1. The van der Waals surface area contributed by atoms with Gasteiger partial charge in [0, 0.05) is 42.3 Å². The number of rotatable bonds is 3. The van der Waals surface area contributed by atoms with Crippen LogP contribution in [0.1, 0.15) is 33.3 Å². The van der Waals surface area contributed by atoms with Crippen LogP contribution >= 0.6 is 0 Å². The first-order valence-electron chi connectivity index (χ1n) is 7.17. The predicted octanol–water partition coefficient (Wildman–Crippen LogP) is 0.963. The number of hydrogen-bond acceptors (Lipinski definition) is 6. The predicted molar refractivity (Wildman–Crippen MR) is 90.9 cm³/mol. The maximum absolute atomic E-state index is 6.03. The molecule has 2 heterocycles. The molecule has 4 N–H and O–H groups in total. The molecule has 1 aromatic rings. The zero-order chi connectivity index (χ0) is 16.5. The van der Waals surface area contributed by atoms with Crippen LogP contribution in [0.2, 0.25) is 0 Å². The van der Waals surface area contributed by atoms with Crippen LogP contribution < -0.4 is 16.9 Å². The first-order valence-corrected chi connectivity index (χ1v) is 7.17. The summed E-state index contributed by atoms with van der Waals surface area (Å²) in [6.07, 6.45) is 4.76. The Labute approximate surface area is 131 Å². The summed E-state index contributed by atoms with van der Waals surface area (Å²) in [6, 6.07) is 1.88. The molecule has 0 radical (unpaired) electrons. The Morgan fingerprint density at radius 1 is 1.27 bits per heavy atom. The van der Waals surface area contributed by atoms with Crippen molar-refractivity contribution in [1.82, 2.24) is 4.98 Å². The Balaban J connectivity index is 2.39.